The van der Waals surface area contributed by atoms with Crippen LogP contribution in [0, 0.1) is 6.92 Å². The van der Waals surface area contributed by atoms with E-state index in [-0.39, 0.29) is 11.7 Å². The maximum Gasteiger partial charge on any atom is 0.212 e. The van der Waals surface area contributed by atoms with E-state index in [2.05, 4.69) is 9.71 Å². The average Bonchev–Trinajstić information content (AvgIpc) is 2.84. The van der Waals surface area contributed by atoms with Gasteiger partial charge in [-0.05, 0) is 18.4 Å². The van der Waals surface area contributed by atoms with Gasteiger partial charge >= 0.3 is 0 Å². The van der Waals surface area contributed by atoms with Gasteiger partial charge in [0.15, 0.2) is 0 Å². The zero-order valence-corrected chi connectivity index (χ0v) is 13.9. The molecule has 0 aliphatic carbocycles. The second-order valence-corrected chi connectivity index (χ2v) is 8.27. The molecule has 0 aliphatic heterocycles. The van der Waals surface area contributed by atoms with Crippen LogP contribution in [0.3, 0.4) is 0 Å². The summed E-state index contributed by atoms with van der Waals surface area (Å²) in [6.45, 7) is 4.32. The van der Waals surface area contributed by atoms with Crippen molar-refractivity contribution >= 4 is 21.4 Å². The molecule has 0 spiro atoms. The van der Waals surface area contributed by atoms with Gasteiger partial charge in [0.2, 0.25) is 10.0 Å². The van der Waals surface area contributed by atoms with Crippen LogP contribution in [0.15, 0.2) is 36.5 Å². The van der Waals surface area contributed by atoms with Gasteiger partial charge in [-0.2, -0.15) is 0 Å². The summed E-state index contributed by atoms with van der Waals surface area (Å²) in [5.74, 6) is 0.0827. The van der Waals surface area contributed by atoms with Crippen molar-refractivity contribution in [1.29, 1.82) is 0 Å². The van der Waals surface area contributed by atoms with E-state index in [0.717, 1.165) is 15.4 Å². The van der Waals surface area contributed by atoms with E-state index < -0.39 is 10.0 Å². The highest BCUT2D eigenvalue weighted by Crippen LogP contribution is 2.16. The van der Waals surface area contributed by atoms with E-state index in [1.807, 2.05) is 50.4 Å². The van der Waals surface area contributed by atoms with E-state index in [4.69, 9.17) is 0 Å². The van der Waals surface area contributed by atoms with Crippen molar-refractivity contribution in [3.63, 3.8) is 0 Å². The summed E-state index contributed by atoms with van der Waals surface area (Å²) in [4.78, 5) is 5.37. The standard InChI is InChI=1S/C15H20N2O2S2/c1-12(14-6-4-3-5-7-14)11-21(18,19)17-9-8-15-16-10-13(2)20-15/h3-7,10,12,17H,8-9,11H2,1-2H3. The molecule has 1 unspecified atom stereocenters. The van der Waals surface area contributed by atoms with Crippen molar-refractivity contribution in [2.75, 3.05) is 12.3 Å². The van der Waals surface area contributed by atoms with Crippen LogP contribution in [0.1, 0.15) is 28.3 Å². The number of thiazole rings is 1. The summed E-state index contributed by atoms with van der Waals surface area (Å²) >= 11 is 1.60. The zero-order chi connectivity index (χ0) is 15.3. The molecule has 0 bridgehead atoms. The number of hydrogen-bond donors (Lipinski definition) is 1. The number of benzene rings is 1. The molecule has 0 fully saturated rings. The van der Waals surface area contributed by atoms with Crippen LogP contribution in [0.2, 0.25) is 0 Å². The SMILES string of the molecule is Cc1cnc(CCNS(=O)(=O)CC(C)c2ccccc2)s1. The summed E-state index contributed by atoms with van der Waals surface area (Å²) in [5, 5.41) is 0.964. The van der Waals surface area contributed by atoms with Crippen molar-refractivity contribution < 1.29 is 8.42 Å². The fourth-order valence-corrected chi connectivity index (χ4v) is 4.26. The van der Waals surface area contributed by atoms with Crippen molar-refractivity contribution in [1.82, 2.24) is 9.71 Å². The smallest absolute Gasteiger partial charge is 0.212 e. The molecule has 0 saturated heterocycles. The number of hydrogen-bond acceptors (Lipinski definition) is 4. The minimum Gasteiger partial charge on any atom is -0.249 e. The minimum absolute atomic E-state index is 0.0224. The first-order chi connectivity index (χ1) is 9.96. The molecule has 1 aromatic heterocycles. The summed E-state index contributed by atoms with van der Waals surface area (Å²) in [6.07, 6.45) is 2.45. The molecule has 0 saturated carbocycles. The van der Waals surface area contributed by atoms with E-state index in [0.29, 0.717) is 13.0 Å². The third kappa shape index (κ3) is 5.22. The Labute approximate surface area is 130 Å². The predicted molar refractivity (Wildman–Crippen MR) is 87.2 cm³/mol. The van der Waals surface area contributed by atoms with Gasteiger partial charge in [-0.3, -0.25) is 0 Å². The fraction of sp³-hybridized carbons (Fsp3) is 0.400. The van der Waals surface area contributed by atoms with E-state index in [1.165, 1.54) is 0 Å². The summed E-state index contributed by atoms with van der Waals surface area (Å²) < 4.78 is 26.8. The molecule has 0 aliphatic rings. The Balaban J connectivity index is 1.84. The van der Waals surface area contributed by atoms with Crippen LogP contribution in [0.25, 0.3) is 0 Å². The Morgan fingerprint density at radius 3 is 2.62 bits per heavy atom. The molecule has 6 heteroatoms. The van der Waals surface area contributed by atoms with Crippen LogP contribution in [-0.4, -0.2) is 25.7 Å². The zero-order valence-electron chi connectivity index (χ0n) is 12.2. The highest BCUT2D eigenvalue weighted by atomic mass is 32.2. The van der Waals surface area contributed by atoms with Crippen LogP contribution in [-0.2, 0) is 16.4 Å². The molecule has 114 valence electrons. The molecule has 1 N–H and O–H groups in total. The van der Waals surface area contributed by atoms with Crippen LogP contribution in [0.4, 0.5) is 0 Å². The first-order valence-corrected chi connectivity index (χ1v) is 9.37. The Morgan fingerprint density at radius 2 is 2.00 bits per heavy atom. The van der Waals surface area contributed by atoms with Gasteiger partial charge in [0.05, 0.1) is 10.8 Å². The molecule has 2 rings (SSSR count). The molecular formula is C15H20N2O2S2. The van der Waals surface area contributed by atoms with Gasteiger partial charge in [-0.15, -0.1) is 11.3 Å². The molecule has 4 nitrogen and oxygen atoms in total. The molecule has 1 heterocycles. The number of nitrogens with one attached hydrogen (secondary N) is 1. The molecule has 1 aromatic carbocycles. The maximum absolute atomic E-state index is 12.1. The molecular weight excluding hydrogens is 304 g/mol. The Bertz CT molecular complexity index is 666. The number of aromatic nitrogens is 1. The van der Waals surface area contributed by atoms with Gasteiger partial charge in [-0.1, -0.05) is 37.3 Å². The van der Waals surface area contributed by atoms with Crippen molar-refractivity contribution in [2.45, 2.75) is 26.2 Å². The second-order valence-electron chi connectivity index (χ2n) is 5.10. The molecule has 0 amide bonds. The monoisotopic (exact) mass is 324 g/mol. The third-order valence-corrected chi connectivity index (χ3v) is 5.72. The number of rotatable bonds is 7. The van der Waals surface area contributed by atoms with E-state index >= 15 is 0 Å². The predicted octanol–water partition coefficient (Wildman–Crippen LogP) is 2.72. The van der Waals surface area contributed by atoms with Crippen LogP contribution >= 0.6 is 11.3 Å². The first-order valence-electron chi connectivity index (χ1n) is 6.90. The first kappa shape index (κ1) is 16.1. The van der Waals surface area contributed by atoms with Crippen LogP contribution < -0.4 is 4.72 Å². The van der Waals surface area contributed by atoms with Crippen LogP contribution in [0.5, 0.6) is 0 Å². The Kier molecular flexibility index (Phi) is 5.50. The largest absolute Gasteiger partial charge is 0.249 e. The van der Waals surface area contributed by atoms with Crippen molar-refractivity contribution in [3.8, 4) is 0 Å². The maximum atomic E-state index is 12.1. The van der Waals surface area contributed by atoms with Gasteiger partial charge < -0.3 is 0 Å². The lowest BCUT2D eigenvalue weighted by atomic mass is 10.0. The highest BCUT2D eigenvalue weighted by molar-refractivity contribution is 7.89. The number of aryl methyl sites for hydroxylation is 1. The average molecular weight is 324 g/mol. The normalized spacial score (nSPS) is 13.2. The van der Waals surface area contributed by atoms with Gasteiger partial charge in [0.25, 0.3) is 0 Å². The topological polar surface area (TPSA) is 59.1 Å². The van der Waals surface area contributed by atoms with Gasteiger partial charge in [-0.25, -0.2) is 18.1 Å². The molecule has 21 heavy (non-hydrogen) atoms. The lowest BCUT2D eigenvalue weighted by Gasteiger charge is -2.12. The minimum atomic E-state index is -3.27. The van der Waals surface area contributed by atoms with E-state index in [9.17, 15) is 8.42 Å². The lowest BCUT2D eigenvalue weighted by Crippen LogP contribution is -2.30. The third-order valence-electron chi connectivity index (χ3n) is 3.17. The highest BCUT2D eigenvalue weighted by Gasteiger charge is 2.16. The van der Waals surface area contributed by atoms with Crippen molar-refractivity contribution in [2.24, 2.45) is 0 Å². The quantitative estimate of drug-likeness (QED) is 0.852. The van der Waals surface area contributed by atoms with Gasteiger partial charge in [0, 0.05) is 24.0 Å². The number of nitrogens with zero attached hydrogens (tertiary/aromatic N) is 1. The molecule has 2 aromatic rings. The van der Waals surface area contributed by atoms with Gasteiger partial charge in [0.1, 0.15) is 0 Å². The Hall–Kier alpha value is -1.24. The molecule has 0 radical (unpaired) electrons. The second kappa shape index (κ2) is 7.15. The summed E-state index contributed by atoms with van der Waals surface area (Å²) in [7, 11) is -3.27. The van der Waals surface area contributed by atoms with Crippen molar-refractivity contribution in [3.05, 3.63) is 52.0 Å². The lowest BCUT2D eigenvalue weighted by molar-refractivity contribution is 0.576. The van der Waals surface area contributed by atoms with E-state index in [1.54, 1.807) is 11.3 Å². The molecule has 1 atom stereocenters. The summed E-state index contributed by atoms with van der Waals surface area (Å²) in [6, 6.07) is 9.70. The fourth-order valence-electron chi connectivity index (χ4n) is 2.10. The summed E-state index contributed by atoms with van der Waals surface area (Å²) in [5.41, 5.74) is 1.04. The number of sulfonamides is 1. The Morgan fingerprint density at radius 1 is 1.29 bits per heavy atom.